The quantitative estimate of drug-likeness (QED) is 0.550. The van der Waals surface area contributed by atoms with Crippen molar-refractivity contribution in [3.63, 3.8) is 0 Å². The first-order chi connectivity index (χ1) is 9.19. The molecule has 0 fully saturated rings. The molecule has 1 unspecified atom stereocenters. The molecule has 0 aliphatic carbocycles. The number of rotatable bonds is 9. The number of nitrogens with two attached hydrogens (primary N) is 1. The minimum atomic E-state index is 0.354. The third-order valence-electron chi connectivity index (χ3n) is 3.34. The summed E-state index contributed by atoms with van der Waals surface area (Å²) in [5.41, 5.74) is 7.82. The van der Waals surface area contributed by atoms with Crippen LogP contribution >= 0.6 is 0 Å². The van der Waals surface area contributed by atoms with Gasteiger partial charge >= 0.3 is 0 Å². The number of nitrogens with zero attached hydrogens (tertiary/aromatic N) is 1. The highest BCUT2D eigenvalue weighted by Gasteiger charge is 2.15. The van der Waals surface area contributed by atoms with Gasteiger partial charge in [0, 0.05) is 45.6 Å². The fourth-order valence-corrected chi connectivity index (χ4v) is 2.10. The van der Waals surface area contributed by atoms with Gasteiger partial charge in [0.1, 0.15) is 0 Å². The van der Waals surface area contributed by atoms with Crippen molar-refractivity contribution in [1.82, 2.24) is 4.90 Å². The molecule has 0 amide bonds. The van der Waals surface area contributed by atoms with Gasteiger partial charge in [0.25, 0.3) is 0 Å². The fourth-order valence-electron chi connectivity index (χ4n) is 2.10. The fraction of sp³-hybridized carbons (Fsp3) is 0.600. The van der Waals surface area contributed by atoms with Gasteiger partial charge in [0.05, 0.1) is 6.61 Å². The third kappa shape index (κ3) is 5.59. The second kappa shape index (κ2) is 8.91. The number of hydrogen-bond donors (Lipinski definition) is 1. The molecule has 1 rings (SSSR count). The topological polar surface area (TPSA) is 47.7 Å². The maximum Gasteiger partial charge on any atom is 0.0589 e. The van der Waals surface area contributed by atoms with Gasteiger partial charge in [-0.25, -0.2) is 0 Å². The van der Waals surface area contributed by atoms with Gasteiger partial charge in [0.2, 0.25) is 0 Å². The number of benzene rings is 1. The highest BCUT2D eigenvalue weighted by atomic mass is 16.5. The van der Waals surface area contributed by atoms with Crippen LogP contribution in [0.4, 0.5) is 5.69 Å². The predicted molar refractivity (Wildman–Crippen MR) is 79.2 cm³/mol. The third-order valence-corrected chi connectivity index (χ3v) is 3.34. The second-order valence-corrected chi connectivity index (χ2v) is 4.72. The Kier molecular flexibility index (Phi) is 7.48. The Morgan fingerprint density at radius 1 is 1.05 bits per heavy atom. The van der Waals surface area contributed by atoms with E-state index in [1.54, 1.807) is 14.2 Å². The number of anilines is 1. The Hall–Kier alpha value is -1.10. The highest BCUT2D eigenvalue weighted by molar-refractivity contribution is 5.40. The lowest BCUT2D eigenvalue weighted by molar-refractivity contribution is 0.111. The number of ether oxygens (including phenoxy) is 2. The van der Waals surface area contributed by atoms with E-state index in [4.69, 9.17) is 15.2 Å². The average Bonchev–Trinajstić information content (AvgIpc) is 2.43. The van der Waals surface area contributed by atoms with Crippen LogP contribution in [0.15, 0.2) is 24.3 Å². The maximum absolute atomic E-state index is 5.73. The van der Waals surface area contributed by atoms with Crippen molar-refractivity contribution in [2.75, 3.05) is 46.3 Å². The van der Waals surface area contributed by atoms with Crippen LogP contribution in [-0.4, -0.2) is 45.4 Å². The highest BCUT2D eigenvalue weighted by Crippen LogP contribution is 2.21. The molecule has 0 heterocycles. The molecule has 4 heteroatoms. The molecule has 0 aromatic heterocycles. The van der Waals surface area contributed by atoms with Crippen molar-refractivity contribution in [1.29, 1.82) is 0 Å². The van der Waals surface area contributed by atoms with E-state index in [-0.39, 0.29) is 0 Å². The summed E-state index contributed by atoms with van der Waals surface area (Å²) in [6.45, 7) is 5.67. The summed E-state index contributed by atoms with van der Waals surface area (Å²) in [6, 6.07) is 8.45. The van der Waals surface area contributed by atoms with E-state index in [1.165, 1.54) is 5.56 Å². The zero-order valence-electron chi connectivity index (χ0n) is 12.3. The van der Waals surface area contributed by atoms with Crippen molar-refractivity contribution in [2.45, 2.75) is 19.4 Å². The summed E-state index contributed by atoms with van der Waals surface area (Å²) in [5.74, 6) is 0. The molecule has 0 aliphatic heterocycles. The van der Waals surface area contributed by atoms with Crippen LogP contribution in [0.2, 0.25) is 0 Å². The first kappa shape index (κ1) is 16.0. The van der Waals surface area contributed by atoms with E-state index in [1.807, 2.05) is 12.1 Å². The van der Waals surface area contributed by atoms with Crippen LogP contribution in [0.25, 0.3) is 0 Å². The molecule has 4 nitrogen and oxygen atoms in total. The predicted octanol–water partition coefficient (Wildman–Crippen LogP) is 2.31. The Balaban J connectivity index is 2.63. The molecule has 19 heavy (non-hydrogen) atoms. The van der Waals surface area contributed by atoms with Crippen molar-refractivity contribution in [3.05, 3.63) is 29.8 Å². The van der Waals surface area contributed by atoms with Gasteiger partial charge in [-0.1, -0.05) is 12.1 Å². The van der Waals surface area contributed by atoms with Gasteiger partial charge in [-0.05, 0) is 31.0 Å². The first-order valence-electron chi connectivity index (χ1n) is 6.76. The normalized spacial score (nSPS) is 12.8. The smallest absolute Gasteiger partial charge is 0.0589 e. The standard InChI is InChI=1S/C15H26N2O2/c1-13(14-5-7-15(16)8-6-14)17(10-12-19-3)9-4-11-18-2/h5-8,13H,4,9-12,16H2,1-3H3. The van der Waals surface area contributed by atoms with Gasteiger partial charge in [-0.2, -0.15) is 0 Å². The van der Waals surface area contributed by atoms with E-state index < -0.39 is 0 Å². The molecular formula is C15H26N2O2. The Bertz CT molecular complexity index is 341. The first-order valence-corrected chi connectivity index (χ1v) is 6.76. The molecule has 0 spiro atoms. The lowest BCUT2D eigenvalue weighted by Crippen LogP contribution is -2.32. The molecule has 0 bridgehead atoms. The van der Waals surface area contributed by atoms with E-state index in [0.29, 0.717) is 6.04 Å². The monoisotopic (exact) mass is 266 g/mol. The van der Waals surface area contributed by atoms with E-state index in [9.17, 15) is 0 Å². The van der Waals surface area contributed by atoms with Gasteiger partial charge in [0.15, 0.2) is 0 Å². The van der Waals surface area contributed by atoms with Gasteiger partial charge in [-0.15, -0.1) is 0 Å². The van der Waals surface area contributed by atoms with Crippen molar-refractivity contribution in [3.8, 4) is 0 Å². The van der Waals surface area contributed by atoms with E-state index in [0.717, 1.165) is 38.4 Å². The lowest BCUT2D eigenvalue weighted by atomic mass is 10.1. The summed E-state index contributed by atoms with van der Waals surface area (Å²) in [5, 5.41) is 0. The molecule has 1 atom stereocenters. The van der Waals surface area contributed by atoms with E-state index in [2.05, 4.69) is 24.0 Å². The Labute approximate surface area is 116 Å². The Morgan fingerprint density at radius 2 is 1.68 bits per heavy atom. The second-order valence-electron chi connectivity index (χ2n) is 4.72. The molecular weight excluding hydrogens is 240 g/mol. The lowest BCUT2D eigenvalue weighted by Gasteiger charge is -2.29. The Morgan fingerprint density at radius 3 is 2.26 bits per heavy atom. The molecule has 0 saturated carbocycles. The van der Waals surface area contributed by atoms with Crippen LogP contribution in [0.3, 0.4) is 0 Å². The van der Waals surface area contributed by atoms with Crippen LogP contribution < -0.4 is 5.73 Å². The maximum atomic E-state index is 5.73. The van der Waals surface area contributed by atoms with Crippen molar-refractivity contribution < 1.29 is 9.47 Å². The zero-order chi connectivity index (χ0) is 14.1. The molecule has 1 aromatic rings. The summed E-state index contributed by atoms with van der Waals surface area (Å²) in [6.07, 6.45) is 1.03. The largest absolute Gasteiger partial charge is 0.399 e. The van der Waals surface area contributed by atoms with Crippen LogP contribution in [-0.2, 0) is 9.47 Å². The van der Waals surface area contributed by atoms with Gasteiger partial charge in [-0.3, -0.25) is 4.90 Å². The molecule has 2 N–H and O–H groups in total. The van der Waals surface area contributed by atoms with Crippen molar-refractivity contribution in [2.24, 2.45) is 0 Å². The van der Waals surface area contributed by atoms with Crippen LogP contribution in [0, 0.1) is 0 Å². The minimum Gasteiger partial charge on any atom is -0.399 e. The molecule has 0 radical (unpaired) electrons. The molecule has 108 valence electrons. The number of methoxy groups -OCH3 is 2. The van der Waals surface area contributed by atoms with Crippen molar-refractivity contribution >= 4 is 5.69 Å². The summed E-state index contributed by atoms with van der Waals surface area (Å²) in [4.78, 5) is 2.41. The van der Waals surface area contributed by atoms with Crippen LogP contribution in [0.1, 0.15) is 24.9 Å². The number of hydrogen-bond acceptors (Lipinski definition) is 4. The average molecular weight is 266 g/mol. The minimum absolute atomic E-state index is 0.354. The summed E-state index contributed by atoms with van der Waals surface area (Å²) in [7, 11) is 3.48. The SMILES string of the molecule is COCCCN(CCOC)C(C)c1ccc(N)cc1. The molecule has 1 aromatic carbocycles. The van der Waals surface area contributed by atoms with Crippen LogP contribution in [0.5, 0.6) is 0 Å². The summed E-state index contributed by atoms with van der Waals surface area (Å²) >= 11 is 0. The number of nitrogen functional groups attached to an aromatic ring is 1. The molecule has 0 saturated heterocycles. The molecule has 0 aliphatic rings. The summed E-state index contributed by atoms with van der Waals surface area (Å²) < 4.78 is 10.3. The zero-order valence-corrected chi connectivity index (χ0v) is 12.3. The van der Waals surface area contributed by atoms with E-state index >= 15 is 0 Å². The van der Waals surface area contributed by atoms with Gasteiger partial charge < -0.3 is 15.2 Å².